The van der Waals surface area contributed by atoms with Crippen LogP contribution in [0, 0.1) is 6.92 Å². The average Bonchev–Trinajstić information content (AvgIpc) is 3.04. The molecule has 150 valence electrons. The van der Waals surface area contributed by atoms with Crippen molar-refractivity contribution in [3.8, 4) is 5.75 Å². The summed E-state index contributed by atoms with van der Waals surface area (Å²) in [5.74, 6) is -0.428. The van der Waals surface area contributed by atoms with Gasteiger partial charge in [0.2, 0.25) is 0 Å². The third kappa shape index (κ3) is 5.36. The van der Waals surface area contributed by atoms with E-state index >= 15 is 0 Å². The second kappa shape index (κ2) is 9.41. The van der Waals surface area contributed by atoms with Crippen LogP contribution in [0.4, 0.5) is 0 Å². The Hall–Kier alpha value is -2.39. The van der Waals surface area contributed by atoms with Gasteiger partial charge in [-0.25, -0.2) is 0 Å². The van der Waals surface area contributed by atoms with Crippen LogP contribution in [0.15, 0.2) is 42.5 Å². The monoisotopic (exact) mass is 467 g/mol. The number of amides is 2. The SMILES string of the molecule is Cc1cc(OCC(=O)NNC(=S)NC(=O)c2sc3ccccc3c2Cl)ccc1Cl. The zero-order valence-electron chi connectivity index (χ0n) is 15.0. The summed E-state index contributed by atoms with van der Waals surface area (Å²) in [4.78, 5) is 24.6. The molecule has 0 radical (unpaired) electrons. The maximum Gasteiger partial charge on any atom is 0.276 e. The first-order valence-corrected chi connectivity index (χ1v) is 10.3. The number of thiocarbonyl (C=S) groups is 1. The van der Waals surface area contributed by atoms with Gasteiger partial charge in [-0.05, 0) is 49.0 Å². The predicted molar refractivity (Wildman–Crippen MR) is 120 cm³/mol. The van der Waals surface area contributed by atoms with E-state index in [1.54, 1.807) is 18.2 Å². The highest BCUT2D eigenvalue weighted by Gasteiger charge is 2.18. The molecule has 0 fully saturated rings. The first-order valence-electron chi connectivity index (χ1n) is 8.31. The van der Waals surface area contributed by atoms with Crippen LogP contribution in [0.5, 0.6) is 5.75 Å². The summed E-state index contributed by atoms with van der Waals surface area (Å²) in [6, 6.07) is 12.5. The number of hydrogen-bond donors (Lipinski definition) is 3. The number of hydrazine groups is 1. The van der Waals surface area contributed by atoms with E-state index in [4.69, 9.17) is 40.2 Å². The van der Waals surface area contributed by atoms with Crippen LogP contribution in [0.1, 0.15) is 15.2 Å². The van der Waals surface area contributed by atoms with E-state index in [1.165, 1.54) is 11.3 Å². The molecular weight excluding hydrogens is 453 g/mol. The Balaban J connectivity index is 1.48. The van der Waals surface area contributed by atoms with Crippen LogP contribution in [-0.2, 0) is 4.79 Å². The molecule has 10 heteroatoms. The van der Waals surface area contributed by atoms with E-state index in [9.17, 15) is 9.59 Å². The Kier molecular flexibility index (Phi) is 6.92. The van der Waals surface area contributed by atoms with Crippen LogP contribution in [-0.4, -0.2) is 23.5 Å². The van der Waals surface area contributed by atoms with Gasteiger partial charge in [0.1, 0.15) is 10.6 Å². The Morgan fingerprint density at radius 3 is 2.62 bits per heavy atom. The van der Waals surface area contributed by atoms with Crippen LogP contribution >= 0.6 is 46.8 Å². The van der Waals surface area contributed by atoms with Gasteiger partial charge in [0.05, 0.1) is 5.02 Å². The molecule has 1 aromatic heterocycles. The van der Waals surface area contributed by atoms with Crippen molar-refractivity contribution < 1.29 is 14.3 Å². The normalized spacial score (nSPS) is 10.4. The number of carbonyl (C=O) groups excluding carboxylic acids is 2. The molecule has 3 aromatic rings. The quantitative estimate of drug-likeness (QED) is 0.395. The lowest BCUT2D eigenvalue weighted by molar-refractivity contribution is -0.123. The molecule has 0 atom stereocenters. The number of fused-ring (bicyclic) bond motifs is 1. The van der Waals surface area contributed by atoms with Gasteiger partial charge < -0.3 is 4.74 Å². The molecule has 0 saturated heterocycles. The van der Waals surface area contributed by atoms with Crippen molar-refractivity contribution in [3.63, 3.8) is 0 Å². The van der Waals surface area contributed by atoms with Gasteiger partial charge in [0, 0.05) is 15.1 Å². The van der Waals surface area contributed by atoms with Crippen LogP contribution in [0.25, 0.3) is 10.1 Å². The van der Waals surface area contributed by atoms with Gasteiger partial charge in [0.25, 0.3) is 11.8 Å². The average molecular weight is 468 g/mol. The van der Waals surface area contributed by atoms with E-state index in [2.05, 4.69) is 16.2 Å². The fourth-order valence-corrected chi connectivity index (χ4v) is 4.04. The van der Waals surface area contributed by atoms with Crippen molar-refractivity contribution >= 4 is 73.8 Å². The minimum Gasteiger partial charge on any atom is -0.484 e. The topological polar surface area (TPSA) is 79.5 Å². The largest absolute Gasteiger partial charge is 0.484 e. The minimum absolute atomic E-state index is 0.0702. The van der Waals surface area contributed by atoms with E-state index in [0.717, 1.165) is 15.6 Å². The molecule has 0 aliphatic carbocycles. The lowest BCUT2D eigenvalue weighted by Crippen LogP contribution is -2.49. The fraction of sp³-hybridized carbons (Fsp3) is 0.105. The van der Waals surface area contributed by atoms with E-state index in [-0.39, 0.29) is 11.7 Å². The maximum atomic E-state index is 12.4. The van der Waals surface area contributed by atoms with E-state index < -0.39 is 11.8 Å². The number of carbonyl (C=O) groups is 2. The highest BCUT2D eigenvalue weighted by Crippen LogP contribution is 2.34. The van der Waals surface area contributed by atoms with E-state index in [0.29, 0.717) is 20.7 Å². The lowest BCUT2D eigenvalue weighted by atomic mass is 10.2. The standard InChI is InChI=1S/C19H15Cl2N3O3S2/c1-10-8-11(6-7-13(10)20)27-9-15(25)23-24-19(28)22-18(26)17-16(21)12-4-2-3-5-14(12)29-17/h2-8H,9H2,1H3,(H,23,25)(H2,22,24,26,28). The Labute approximate surface area is 186 Å². The van der Waals surface area contributed by atoms with Crippen LogP contribution < -0.4 is 20.9 Å². The molecule has 0 bridgehead atoms. The summed E-state index contributed by atoms with van der Waals surface area (Å²) in [5, 5.41) is 4.18. The summed E-state index contributed by atoms with van der Waals surface area (Å²) in [6.45, 7) is 1.59. The molecule has 0 aliphatic rings. The molecule has 0 unspecified atom stereocenters. The first kappa shape index (κ1) is 21.3. The molecule has 29 heavy (non-hydrogen) atoms. The van der Waals surface area contributed by atoms with Crippen molar-refractivity contribution in [1.82, 2.24) is 16.2 Å². The molecule has 0 aliphatic heterocycles. The van der Waals surface area contributed by atoms with Crippen molar-refractivity contribution in [1.29, 1.82) is 0 Å². The number of nitrogens with one attached hydrogen (secondary N) is 3. The Bertz CT molecular complexity index is 1100. The summed E-state index contributed by atoms with van der Waals surface area (Å²) >= 11 is 18.5. The number of thiophene rings is 1. The van der Waals surface area contributed by atoms with Gasteiger partial charge in [-0.1, -0.05) is 41.4 Å². The van der Waals surface area contributed by atoms with Crippen LogP contribution in [0.2, 0.25) is 10.0 Å². The number of benzene rings is 2. The Morgan fingerprint density at radius 1 is 1.14 bits per heavy atom. The second-order valence-electron chi connectivity index (χ2n) is 5.90. The molecule has 0 spiro atoms. The third-order valence-electron chi connectivity index (χ3n) is 3.78. The van der Waals surface area contributed by atoms with Gasteiger partial charge in [-0.15, -0.1) is 11.3 Å². The molecule has 3 rings (SSSR count). The van der Waals surface area contributed by atoms with Crippen LogP contribution in [0.3, 0.4) is 0 Å². The van der Waals surface area contributed by atoms with Gasteiger partial charge in [0.15, 0.2) is 11.7 Å². The van der Waals surface area contributed by atoms with Crippen molar-refractivity contribution in [2.75, 3.05) is 6.61 Å². The molecule has 6 nitrogen and oxygen atoms in total. The smallest absolute Gasteiger partial charge is 0.276 e. The molecule has 1 heterocycles. The highest BCUT2D eigenvalue weighted by molar-refractivity contribution is 7.80. The van der Waals surface area contributed by atoms with Crippen molar-refractivity contribution in [2.45, 2.75) is 6.92 Å². The second-order valence-corrected chi connectivity index (χ2v) is 8.14. The first-order chi connectivity index (χ1) is 13.8. The summed E-state index contributed by atoms with van der Waals surface area (Å²) in [7, 11) is 0. The zero-order valence-corrected chi connectivity index (χ0v) is 18.2. The molecule has 2 aromatic carbocycles. The zero-order chi connectivity index (χ0) is 21.0. The number of hydrogen-bond acceptors (Lipinski definition) is 5. The number of halogens is 2. The number of aryl methyl sites for hydroxylation is 1. The Morgan fingerprint density at radius 2 is 1.90 bits per heavy atom. The van der Waals surface area contributed by atoms with Crippen molar-refractivity contribution in [2.24, 2.45) is 0 Å². The number of rotatable bonds is 4. The maximum absolute atomic E-state index is 12.4. The fourth-order valence-electron chi connectivity index (χ4n) is 2.37. The summed E-state index contributed by atoms with van der Waals surface area (Å²) in [6.07, 6.45) is 0. The molecule has 2 amide bonds. The van der Waals surface area contributed by atoms with Gasteiger partial charge in [-0.3, -0.25) is 25.8 Å². The molecule has 3 N–H and O–H groups in total. The predicted octanol–water partition coefficient (Wildman–Crippen LogP) is 4.23. The molecular formula is C19H15Cl2N3O3S2. The highest BCUT2D eigenvalue weighted by atomic mass is 35.5. The summed E-state index contributed by atoms with van der Waals surface area (Å²) in [5.41, 5.74) is 5.64. The third-order valence-corrected chi connectivity index (χ3v) is 6.09. The minimum atomic E-state index is -0.478. The van der Waals surface area contributed by atoms with Gasteiger partial charge >= 0.3 is 0 Å². The summed E-state index contributed by atoms with van der Waals surface area (Å²) < 4.78 is 6.27. The van der Waals surface area contributed by atoms with Crippen molar-refractivity contribution in [3.05, 3.63) is 63.0 Å². The molecule has 0 saturated carbocycles. The number of ether oxygens (including phenoxy) is 1. The lowest BCUT2D eigenvalue weighted by Gasteiger charge is -2.11. The van der Waals surface area contributed by atoms with E-state index in [1.807, 2.05) is 31.2 Å². The van der Waals surface area contributed by atoms with Gasteiger partial charge in [-0.2, -0.15) is 0 Å².